The van der Waals surface area contributed by atoms with Gasteiger partial charge in [-0.3, -0.25) is 19.7 Å². The number of rotatable bonds is 5. The van der Waals surface area contributed by atoms with Crippen LogP contribution in [0.5, 0.6) is 0 Å². The van der Waals surface area contributed by atoms with Gasteiger partial charge in [-0.2, -0.15) is 0 Å². The lowest BCUT2D eigenvalue weighted by Crippen LogP contribution is -2.58. The maximum absolute atomic E-state index is 14.5. The Balaban J connectivity index is 1.58. The molecule has 186 valence electrons. The number of halogens is 1. The molecule has 1 fully saturated rings. The van der Waals surface area contributed by atoms with Crippen LogP contribution in [0.25, 0.3) is 11.0 Å². The molecule has 2 aliphatic rings. The van der Waals surface area contributed by atoms with Crippen molar-refractivity contribution < 1.29 is 14.4 Å². The normalized spacial score (nSPS) is 22.3. The maximum atomic E-state index is 14.5. The Morgan fingerprint density at radius 2 is 1.65 bits per heavy atom. The van der Waals surface area contributed by atoms with Crippen molar-refractivity contribution in [2.45, 2.75) is 37.8 Å². The molecule has 2 N–H and O–H groups in total. The van der Waals surface area contributed by atoms with Crippen LogP contribution < -0.4 is 5.32 Å². The number of nitrogens with zero attached hydrogens (tertiary/aromatic N) is 1. The van der Waals surface area contributed by atoms with Crippen LogP contribution in [-0.2, 0) is 0 Å². The second kappa shape index (κ2) is 8.85. The number of benzene rings is 3. The van der Waals surface area contributed by atoms with E-state index < -0.39 is 17.4 Å². The van der Waals surface area contributed by atoms with Crippen LogP contribution in [0.2, 0.25) is 0 Å². The smallest absolute Gasteiger partial charge is 0.204 e. The average Bonchev–Trinajstić information content (AvgIpc) is 3.52. The van der Waals surface area contributed by atoms with Gasteiger partial charge in [0.15, 0.2) is 22.9 Å². The van der Waals surface area contributed by atoms with E-state index in [9.17, 15) is 14.4 Å². The Morgan fingerprint density at radius 3 is 2.30 bits per heavy atom. The largest absolute Gasteiger partial charge is 0.335 e. The fraction of sp³-hybridized carbons (Fsp3) is 0.267. The SMILES string of the molecule is CC(C)CC1NC2(C(=O)c3ccccc3C2=O)C(C(=O)c2nc3ccccc3[nH]2)C1c1cccc(Br)c1. The summed E-state index contributed by atoms with van der Waals surface area (Å²) < 4.78 is 0.872. The minimum absolute atomic E-state index is 0.161. The highest BCUT2D eigenvalue weighted by Crippen LogP contribution is 2.51. The zero-order valence-electron chi connectivity index (χ0n) is 20.5. The molecular formula is C30H26BrN3O3. The minimum atomic E-state index is -1.69. The summed E-state index contributed by atoms with van der Waals surface area (Å²) in [6, 6.07) is 21.8. The third-order valence-corrected chi connectivity index (χ3v) is 8.16. The number of carbonyl (C=O) groups excluding carboxylic acids is 3. The Morgan fingerprint density at radius 1 is 0.973 bits per heavy atom. The molecule has 1 spiro atoms. The summed E-state index contributed by atoms with van der Waals surface area (Å²) >= 11 is 3.57. The molecule has 6 nitrogen and oxygen atoms in total. The second-order valence-electron chi connectivity index (χ2n) is 10.4. The summed E-state index contributed by atoms with van der Waals surface area (Å²) in [4.78, 5) is 50.5. The van der Waals surface area contributed by atoms with Crippen LogP contribution >= 0.6 is 15.9 Å². The molecule has 1 aliphatic carbocycles. The van der Waals surface area contributed by atoms with E-state index in [0.29, 0.717) is 23.1 Å². The first-order chi connectivity index (χ1) is 17.8. The van der Waals surface area contributed by atoms with Crippen molar-refractivity contribution >= 4 is 44.3 Å². The number of hydrogen-bond donors (Lipinski definition) is 2. The monoisotopic (exact) mass is 555 g/mol. The number of fused-ring (bicyclic) bond motifs is 2. The quantitative estimate of drug-likeness (QED) is 0.242. The van der Waals surface area contributed by atoms with Crippen LogP contribution in [0.3, 0.4) is 0 Å². The number of nitrogens with one attached hydrogen (secondary N) is 2. The van der Waals surface area contributed by atoms with Crippen LogP contribution in [-0.4, -0.2) is 38.9 Å². The first-order valence-corrected chi connectivity index (χ1v) is 13.3. The molecule has 3 aromatic carbocycles. The lowest BCUT2D eigenvalue weighted by molar-refractivity contribution is 0.0652. The molecule has 4 aromatic rings. The summed E-state index contributed by atoms with van der Waals surface area (Å²) in [6.45, 7) is 4.21. The lowest BCUT2D eigenvalue weighted by atomic mass is 9.70. The van der Waals surface area contributed by atoms with E-state index in [0.717, 1.165) is 15.6 Å². The van der Waals surface area contributed by atoms with Gasteiger partial charge in [0, 0.05) is 27.6 Å². The topological polar surface area (TPSA) is 91.9 Å². The molecule has 37 heavy (non-hydrogen) atoms. The number of aromatic amines is 1. The van der Waals surface area contributed by atoms with Gasteiger partial charge in [-0.05, 0) is 42.2 Å². The van der Waals surface area contributed by atoms with Gasteiger partial charge in [-0.1, -0.05) is 78.3 Å². The Kier molecular flexibility index (Phi) is 5.73. The standard InChI is InChI=1S/C30H26BrN3O3/c1-16(2)14-23-24(17-8-7-9-18(31)15-17)25(26(35)29-32-21-12-5-6-13-22(21)33-29)30(34-23)27(36)19-10-3-4-11-20(19)28(30)37/h3-13,15-16,23-25,34H,14H2,1-2H3,(H,32,33). The summed E-state index contributed by atoms with van der Waals surface area (Å²) in [6.07, 6.45) is 0.694. The van der Waals surface area contributed by atoms with Crippen molar-refractivity contribution in [1.82, 2.24) is 15.3 Å². The van der Waals surface area contributed by atoms with E-state index in [4.69, 9.17) is 0 Å². The molecular weight excluding hydrogens is 530 g/mol. The summed E-state index contributed by atoms with van der Waals surface area (Å²) in [5.74, 6) is -1.97. The highest BCUT2D eigenvalue weighted by Gasteiger charge is 2.67. The Labute approximate surface area is 223 Å². The van der Waals surface area contributed by atoms with Crippen molar-refractivity contribution in [2.24, 2.45) is 11.8 Å². The predicted octanol–water partition coefficient (Wildman–Crippen LogP) is 5.74. The molecule has 0 radical (unpaired) electrons. The maximum Gasteiger partial charge on any atom is 0.204 e. The lowest BCUT2D eigenvalue weighted by Gasteiger charge is -2.29. The van der Waals surface area contributed by atoms with Crippen LogP contribution in [0.4, 0.5) is 0 Å². The van der Waals surface area contributed by atoms with Gasteiger partial charge in [-0.15, -0.1) is 0 Å². The number of para-hydroxylation sites is 2. The number of hydrogen-bond acceptors (Lipinski definition) is 5. The molecule has 0 amide bonds. The molecule has 3 unspecified atom stereocenters. The highest BCUT2D eigenvalue weighted by molar-refractivity contribution is 9.10. The number of aromatic nitrogens is 2. The van der Waals surface area contributed by atoms with E-state index in [-0.39, 0.29) is 35.1 Å². The number of imidazole rings is 1. The average molecular weight is 556 g/mol. The van der Waals surface area contributed by atoms with Crippen molar-refractivity contribution in [3.05, 3.63) is 99.8 Å². The van der Waals surface area contributed by atoms with E-state index >= 15 is 0 Å². The summed E-state index contributed by atoms with van der Waals surface area (Å²) in [5.41, 5.74) is 1.33. The first-order valence-electron chi connectivity index (χ1n) is 12.5. The zero-order valence-corrected chi connectivity index (χ0v) is 22.1. The third-order valence-electron chi connectivity index (χ3n) is 7.67. The number of ketones is 3. The molecule has 6 rings (SSSR count). The molecule has 1 saturated heterocycles. The molecule has 1 aromatic heterocycles. The summed E-state index contributed by atoms with van der Waals surface area (Å²) in [7, 11) is 0. The van der Waals surface area contributed by atoms with E-state index in [1.807, 2.05) is 48.5 Å². The van der Waals surface area contributed by atoms with E-state index in [1.54, 1.807) is 24.3 Å². The van der Waals surface area contributed by atoms with Gasteiger partial charge in [0.05, 0.1) is 17.0 Å². The van der Waals surface area contributed by atoms with Crippen LogP contribution in [0.15, 0.2) is 77.3 Å². The van der Waals surface area contributed by atoms with Crippen molar-refractivity contribution in [2.75, 3.05) is 0 Å². The van der Waals surface area contributed by atoms with Gasteiger partial charge in [0.2, 0.25) is 5.78 Å². The summed E-state index contributed by atoms with van der Waals surface area (Å²) in [5, 5.41) is 3.47. The van der Waals surface area contributed by atoms with Gasteiger partial charge >= 0.3 is 0 Å². The van der Waals surface area contributed by atoms with Gasteiger partial charge in [-0.25, -0.2) is 4.98 Å². The van der Waals surface area contributed by atoms with E-state index in [1.165, 1.54) is 0 Å². The number of carbonyl (C=O) groups is 3. The molecule has 0 saturated carbocycles. The number of Topliss-reactive ketones (excluding diaryl/α,β-unsaturated/α-hetero) is 3. The first kappa shape index (κ1) is 23.9. The van der Waals surface area contributed by atoms with Crippen molar-refractivity contribution in [3.63, 3.8) is 0 Å². The highest BCUT2D eigenvalue weighted by atomic mass is 79.9. The fourth-order valence-electron chi connectivity index (χ4n) is 6.22. The molecule has 3 atom stereocenters. The van der Waals surface area contributed by atoms with Crippen LogP contribution in [0, 0.1) is 11.8 Å². The zero-order chi connectivity index (χ0) is 25.9. The van der Waals surface area contributed by atoms with Crippen molar-refractivity contribution in [3.8, 4) is 0 Å². The molecule has 7 heteroatoms. The van der Waals surface area contributed by atoms with Crippen molar-refractivity contribution in [1.29, 1.82) is 0 Å². The minimum Gasteiger partial charge on any atom is -0.335 e. The Hall–Kier alpha value is -3.42. The Bertz CT molecular complexity index is 1510. The second-order valence-corrected chi connectivity index (χ2v) is 11.3. The molecule has 2 heterocycles. The van der Waals surface area contributed by atoms with Gasteiger partial charge < -0.3 is 4.98 Å². The number of H-pyrrole nitrogens is 1. The fourth-order valence-corrected chi connectivity index (χ4v) is 6.64. The van der Waals surface area contributed by atoms with Gasteiger partial charge in [0.25, 0.3) is 0 Å². The van der Waals surface area contributed by atoms with Gasteiger partial charge in [0.1, 0.15) is 0 Å². The van der Waals surface area contributed by atoms with E-state index in [2.05, 4.69) is 45.1 Å². The predicted molar refractivity (Wildman–Crippen MR) is 145 cm³/mol. The molecule has 0 bridgehead atoms. The third kappa shape index (κ3) is 3.63. The van der Waals surface area contributed by atoms with Crippen LogP contribution in [0.1, 0.15) is 63.1 Å². The molecule has 1 aliphatic heterocycles.